The van der Waals surface area contributed by atoms with Crippen LogP contribution in [0.5, 0.6) is 0 Å². The minimum Gasteiger partial charge on any atom is -0.469 e. The Hall–Kier alpha value is -1.79. The number of esters is 1. The van der Waals surface area contributed by atoms with Gasteiger partial charge in [0.2, 0.25) is 0 Å². The van der Waals surface area contributed by atoms with E-state index in [1.165, 1.54) is 0 Å². The number of alkyl halides is 2. The molecular weight excluding hydrogens is 225 g/mol. The first kappa shape index (κ1) is 12.3. The molecule has 1 rings (SSSR count). The molecular formula is C9H9F3N2O2. The number of ether oxygens (including phenoxy) is 1. The molecule has 88 valence electrons. The van der Waals surface area contributed by atoms with Crippen LogP contribution in [0.4, 0.5) is 19.0 Å². The summed E-state index contributed by atoms with van der Waals surface area (Å²) in [7, 11) is 1.11. The van der Waals surface area contributed by atoms with Crippen molar-refractivity contribution < 1.29 is 22.7 Å². The number of methoxy groups -OCH3 is 1. The number of hydrogen-bond donors (Lipinski definition) is 1. The number of carbonyl (C=O) groups is 1. The molecule has 0 aliphatic rings. The summed E-state index contributed by atoms with van der Waals surface area (Å²) in [4.78, 5) is 14.1. The first-order valence-electron chi connectivity index (χ1n) is 4.25. The number of halogens is 3. The minimum absolute atomic E-state index is 0.255. The number of rotatable bonds is 3. The predicted octanol–water partition coefficient (Wildman–Crippen LogP) is 1.46. The summed E-state index contributed by atoms with van der Waals surface area (Å²) in [5, 5.41) is 0. The van der Waals surface area contributed by atoms with Crippen molar-refractivity contribution in [2.24, 2.45) is 0 Å². The fourth-order valence-corrected chi connectivity index (χ4v) is 1.09. The van der Waals surface area contributed by atoms with E-state index in [0.29, 0.717) is 0 Å². The standard InChI is InChI=1S/C9H9F3N2O2/c1-16-6(15)3-4-2-5(8(11)12)14-9(13)7(4)10/h2,8H,3H2,1H3,(H2,13,14). The van der Waals surface area contributed by atoms with Crippen LogP contribution >= 0.6 is 0 Å². The number of carbonyl (C=O) groups excluding carboxylic acids is 1. The van der Waals surface area contributed by atoms with Crippen LogP contribution in [-0.2, 0) is 16.0 Å². The van der Waals surface area contributed by atoms with Crippen molar-refractivity contribution in [2.45, 2.75) is 12.8 Å². The van der Waals surface area contributed by atoms with E-state index in [9.17, 15) is 18.0 Å². The van der Waals surface area contributed by atoms with E-state index in [-0.39, 0.29) is 5.56 Å². The van der Waals surface area contributed by atoms with Crippen molar-refractivity contribution in [1.82, 2.24) is 4.98 Å². The van der Waals surface area contributed by atoms with E-state index < -0.39 is 36.1 Å². The molecule has 0 fully saturated rings. The molecule has 0 atom stereocenters. The number of nitrogens with zero attached hydrogens (tertiary/aromatic N) is 1. The summed E-state index contributed by atoms with van der Waals surface area (Å²) >= 11 is 0. The monoisotopic (exact) mass is 234 g/mol. The number of nitrogen functional groups attached to an aromatic ring is 1. The first-order chi connectivity index (χ1) is 7.45. The van der Waals surface area contributed by atoms with Gasteiger partial charge < -0.3 is 10.5 Å². The number of aromatic nitrogens is 1. The van der Waals surface area contributed by atoms with Gasteiger partial charge in [-0.1, -0.05) is 0 Å². The molecule has 0 saturated carbocycles. The van der Waals surface area contributed by atoms with Gasteiger partial charge in [0, 0.05) is 5.56 Å². The number of nitrogens with two attached hydrogens (primary N) is 1. The molecule has 4 nitrogen and oxygen atoms in total. The topological polar surface area (TPSA) is 65.2 Å². The molecule has 7 heteroatoms. The van der Waals surface area contributed by atoms with Gasteiger partial charge in [-0.3, -0.25) is 4.79 Å². The molecule has 0 saturated heterocycles. The van der Waals surface area contributed by atoms with Crippen LogP contribution in [0.3, 0.4) is 0 Å². The summed E-state index contributed by atoms with van der Waals surface area (Å²) in [6, 6.07) is 0.799. The molecule has 0 aliphatic carbocycles. The van der Waals surface area contributed by atoms with Crippen LogP contribution in [0.2, 0.25) is 0 Å². The van der Waals surface area contributed by atoms with Crippen molar-refractivity contribution >= 4 is 11.8 Å². The smallest absolute Gasteiger partial charge is 0.310 e. The third kappa shape index (κ3) is 2.62. The van der Waals surface area contributed by atoms with Gasteiger partial charge in [-0.25, -0.2) is 18.2 Å². The number of pyridine rings is 1. The lowest BCUT2D eigenvalue weighted by molar-refractivity contribution is -0.139. The van der Waals surface area contributed by atoms with Crippen molar-refractivity contribution in [3.05, 3.63) is 23.1 Å². The summed E-state index contributed by atoms with van der Waals surface area (Å²) in [5.74, 6) is -2.38. The van der Waals surface area contributed by atoms with Crippen molar-refractivity contribution in [1.29, 1.82) is 0 Å². The molecule has 0 amide bonds. The maximum absolute atomic E-state index is 13.3. The highest BCUT2D eigenvalue weighted by molar-refractivity contribution is 5.72. The maximum atomic E-state index is 13.3. The molecule has 0 radical (unpaired) electrons. The van der Waals surface area contributed by atoms with E-state index in [0.717, 1.165) is 13.2 Å². The van der Waals surface area contributed by atoms with Gasteiger partial charge in [0.15, 0.2) is 11.6 Å². The Morgan fingerprint density at radius 2 is 2.25 bits per heavy atom. The lowest BCUT2D eigenvalue weighted by atomic mass is 10.1. The summed E-state index contributed by atoms with van der Waals surface area (Å²) in [6.07, 6.45) is -3.34. The highest BCUT2D eigenvalue weighted by Gasteiger charge is 2.18. The van der Waals surface area contributed by atoms with Crippen LogP contribution in [0, 0.1) is 5.82 Å². The zero-order chi connectivity index (χ0) is 12.3. The predicted molar refractivity (Wildman–Crippen MR) is 49.3 cm³/mol. The van der Waals surface area contributed by atoms with Gasteiger partial charge in [-0.05, 0) is 6.07 Å². The third-order valence-corrected chi connectivity index (χ3v) is 1.86. The molecule has 0 bridgehead atoms. The zero-order valence-electron chi connectivity index (χ0n) is 8.34. The maximum Gasteiger partial charge on any atom is 0.310 e. The molecule has 0 aliphatic heterocycles. The average molecular weight is 234 g/mol. The van der Waals surface area contributed by atoms with Crippen LogP contribution < -0.4 is 5.73 Å². The molecule has 16 heavy (non-hydrogen) atoms. The van der Waals surface area contributed by atoms with Gasteiger partial charge in [-0.2, -0.15) is 0 Å². The Labute approximate surface area is 89.2 Å². The fourth-order valence-electron chi connectivity index (χ4n) is 1.09. The van der Waals surface area contributed by atoms with Crippen molar-refractivity contribution in [3.63, 3.8) is 0 Å². The Bertz CT molecular complexity index is 410. The van der Waals surface area contributed by atoms with E-state index in [1.54, 1.807) is 0 Å². The van der Waals surface area contributed by atoms with Gasteiger partial charge in [0.05, 0.1) is 13.5 Å². The second kappa shape index (κ2) is 4.82. The molecule has 0 spiro atoms. The van der Waals surface area contributed by atoms with E-state index in [2.05, 4.69) is 9.72 Å². The first-order valence-corrected chi connectivity index (χ1v) is 4.25. The average Bonchev–Trinajstić information content (AvgIpc) is 2.23. The van der Waals surface area contributed by atoms with Gasteiger partial charge in [0.1, 0.15) is 5.69 Å². The second-order valence-electron chi connectivity index (χ2n) is 2.96. The quantitative estimate of drug-likeness (QED) is 0.804. The van der Waals surface area contributed by atoms with E-state index >= 15 is 0 Å². The van der Waals surface area contributed by atoms with Gasteiger partial charge >= 0.3 is 5.97 Å². The van der Waals surface area contributed by atoms with Gasteiger partial charge in [-0.15, -0.1) is 0 Å². The van der Waals surface area contributed by atoms with E-state index in [4.69, 9.17) is 5.73 Å². The van der Waals surface area contributed by atoms with Crippen LogP contribution in [0.1, 0.15) is 17.7 Å². The lowest BCUT2D eigenvalue weighted by Crippen LogP contribution is -2.10. The van der Waals surface area contributed by atoms with E-state index in [1.807, 2.05) is 0 Å². The Balaban J connectivity index is 3.11. The lowest BCUT2D eigenvalue weighted by Gasteiger charge is -2.07. The molecule has 1 heterocycles. The SMILES string of the molecule is COC(=O)Cc1cc(C(F)F)nc(N)c1F. The molecule has 1 aromatic rings. The zero-order valence-corrected chi connectivity index (χ0v) is 8.34. The Morgan fingerprint density at radius 1 is 1.62 bits per heavy atom. The summed E-state index contributed by atoms with van der Waals surface area (Å²) < 4.78 is 42.2. The number of anilines is 1. The molecule has 0 aromatic carbocycles. The normalized spacial score (nSPS) is 10.6. The number of hydrogen-bond acceptors (Lipinski definition) is 4. The molecule has 1 aromatic heterocycles. The van der Waals surface area contributed by atoms with Crippen LogP contribution in [0.25, 0.3) is 0 Å². The van der Waals surface area contributed by atoms with Gasteiger partial charge in [0.25, 0.3) is 6.43 Å². The fraction of sp³-hybridized carbons (Fsp3) is 0.333. The minimum atomic E-state index is -2.88. The highest BCUT2D eigenvalue weighted by Crippen LogP contribution is 2.22. The summed E-state index contributed by atoms with van der Waals surface area (Å²) in [5.41, 5.74) is 4.18. The van der Waals surface area contributed by atoms with Crippen molar-refractivity contribution in [2.75, 3.05) is 12.8 Å². The Morgan fingerprint density at radius 3 is 2.75 bits per heavy atom. The Kier molecular flexibility index (Phi) is 3.70. The van der Waals surface area contributed by atoms with Crippen LogP contribution in [0.15, 0.2) is 6.07 Å². The highest BCUT2D eigenvalue weighted by atomic mass is 19.3. The summed E-state index contributed by atoms with van der Waals surface area (Å²) in [6.45, 7) is 0. The van der Waals surface area contributed by atoms with Crippen LogP contribution in [-0.4, -0.2) is 18.1 Å². The molecule has 0 unspecified atom stereocenters. The third-order valence-electron chi connectivity index (χ3n) is 1.86. The van der Waals surface area contributed by atoms with Crippen molar-refractivity contribution in [3.8, 4) is 0 Å². The largest absolute Gasteiger partial charge is 0.469 e. The molecule has 2 N–H and O–H groups in total. The second-order valence-corrected chi connectivity index (χ2v) is 2.96.